The average molecular weight is 245 g/mol. The maximum absolute atomic E-state index is 11.0. The predicted octanol–water partition coefficient (Wildman–Crippen LogP) is 0.862. The number of rotatable bonds is 4. The zero-order valence-corrected chi connectivity index (χ0v) is 10.2. The van der Waals surface area contributed by atoms with E-state index in [0.29, 0.717) is 6.42 Å². The van der Waals surface area contributed by atoms with Crippen LogP contribution in [0.2, 0.25) is 0 Å². The monoisotopic (exact) mass is 244 g/mol. The van der Waals surface area contributed by atoms with Gasteiger partial charge in [0.05, 0.1) is 12.6 Å². The van der Waals surface area contributed by atoms with Gasteiger partial charge in [-0.05, 0) is 31.0 Å². The number of hydrogen-bond acceptors (Lipinski definition) is 3. The number of methoxy groups -OCH3 is 1. The van der Waals surface area contributed by atoms with Crippen molar-refractivity contribution >= 4 is 18.3 Å². The minimum absolute atomic E-state index is 0. The van der Waals surface area contributed by atoms with Gasteiger partial charge in [-0.2, -0.15) is 0 Å². The van der Waals surface area contributed by atoms with Gasteiger partial charge in [-0.3, -0.25) is 4.79 Å². The van der Waals surface area contributed by atoms with Gasteiger partial charge in [-0.25, -0.2) is 0 Å². The molecule has 1 amide bonds. The van der Waals surface area contributed by atoms with Crippen molar-refractivity contribution < 1.29 is 9.53 Å². The molecule has 0 heterocycles. The largest absolute Gasteiger partial charge is 0.497 e. The summed E-state index contributed by atoms with van der Waals surface area (Å²) in [7, 11) is 1.60. The van der Waals surface area contributed by atoms with Gasteiger partial charge in [-0.15, -0.1) is 12.4 Å². The number of carbonyl (C=O) groups is 1. The molecule has 4 nitrogen and oxygen atoms in total. The molecule has 1 unspecified atom stereocenters. The van der Waals surface area contributed by atoms with E-state index < -0.39 is 11.4 Å². The molecule has 90 valence electrons. The summed E-state index contributed by atoms with van der Waals surface area (Å²) in [6.07, 6.45) is 0.423. The van der Waals surface area contributed by atoms with Crippen LogP contribution in [0.5, 0.6) is 5.75 Å². The van der Waals surface area contributed by atoms with Gasteiger partial charge < -0.3 is 16.2 Å². The maximum atomic E-state index is 11.0. The van der Waals surface area contributed by atoms with Crippen molar-refractivity contribution in [3.8, 4) is 5.75 Å². The molecular formula is C11H17ClN2O2. The molecule has 5 heteroatoms. The van der Waals surface area contributed by atoms with E-state index in [1.54, 1.807) is 14.0 Å². The third-order valence-corrected chi connectivity index (χ3v) is 2.29. The van der Waals surface area contributed by atoms with Crippen LogP contribution in [0.3, 0.4) is 0 Å². The van der Waals surface area contributed by atoms with Crippen molar-refractivity contribution in [2.24, 2.45) is 11.5 Å². The summed E-state index contributed by atoms with van der Waals surface area (Å²) < 4.78 is 5.02. The number of hydrogen-bond donors (Lipinski definition) is 2. The first-order valence-corrected chi connectivity index (χ1v) is 4.67. The number of carbonyl (C=O) groups excluding carboxylic acids is 1. The van der Waals surface area contributed by atoms with Crippen LogP contribution >= 0.6 is 12.4 Å². The van der Waals surface area contributed by atoms with Gasteiger partial charge in [0.15, 0.2) is 0 Å². The molecule has 1 atom stereocenters. The fourth-order valence-electron chi connectivity index (χ4n) is 1.25. The summed E-state index contributed by atoms with van der Waals surface area (Å²) in [6, 6.07) is 7.39. The second-order valence-electron chi connectivity index (χ2n) is 3.81. The molecule has 0 spiro atoms. The maximum Gasteiger partial charge on any atom is 0.237 e. The highest BCUT2D eigenvalue weighted by Gasteiger charge is 2.25. The molecule has 0 saturated carbocycles. The molecule has 16 heavy (non-hydrogen) atoms. The van der Waals surface area contributed by atoms with Gasteiger partial charge in [0.25, 0.3) is 0 Å². The van der Waals surface area contributed by atoms with Crippen LogP contribution in [0.4, 0.5) is 0 Å². The summed E-state index contributed by atoms with van der Waals surface area (Å²) in [5.74, 6) is 0.273. The summed E-state index contributed by atoms with van der Waals surface area (Å²) in [4.78, 5) is 11.0. The third kappa shape index (κ3) is 3.72. The van der Waals surface area contributed by atoms with Crippen molar-refractivity contribution in [3.05, 3.63) is 29.8 Å². The molecule has 1 aromatic rings. The minimum Gasteiger partial charge on any atom is -0.497 e. The fraction of sp³-hybridized carbons (Fsp3) is 0.364. The van der Waals surface area contributed by atoms with Gasteiger partial charge in [0, 0.05) is 0 Å². The molecule has 0 aromatic heterocycles. The zero-order chi connectivity index (χ0) is 11.5. The Bertz CT molecular complexity index is 350. The lowest BCUT2D eigenvalue weighted by molar-refractivity contribution is -0.122. The summed E-state index contributed by atoms with van der Waals surface area (Å²) in [6.45, 7) is 1.62. The Kier molecular flexibility index (Phi) is 5.27. The number of ether oxygens (including phenoxy) is 1. The Hall–Kier alpha value is -1.26. The normalized spacial score (nSPS) is 13.4. The Balaban J connectivity index is 0.00000225. The van der Waals surface area contributed by atoms with Crippen LogP contribution < -0.4 is 16.2 Å². The lowest BCUT2D eigenvalue weighted by atomic mass is 9.93. The first-order valence-electron chi connectivity index (χ1n) is 4.67. The third-order valence-electron chi connectivity index (χ3n) is 2.29. The summed E-state index contributed by atoms with van der Waals surface area (Å²) in [5, 5.41) is 0. The van der Waals surface area contributed by atoms with Gasteiger partial charge >= 0.3 is 0 Å². The highest BCUT2D eigenvalue weighted by molar-refractivity contribution is 5.85. The second-order valence-corrected chi connectivity index (χ2v) is 3.81. The average Bonchev–Trinajstić information content (AvgIpc) is 2.18. The van der Waals surface area contributed by atoms with Crippen LogP contribution in [0, 0.1) is 0 Å². The molecule has 0 radical (unpaired) electrons. The van der Waals surface area contributed by atoms with E-state index >= 15 is 0 Å². The molecule has 0 aliphatic carbocycles. The first-order chi connectivity index (χ1) is 6.95. The molecule has 1 rings (SSSR count). The fourth-order valence-corrected chi connectivity index (χ4v) is 1.25. The van der Waals surface area contributed by atoms with Crippen LogP contribution in [0.1, 0.15) is 12.5 Å². The van der Waals surface area contributed by atoms with Gasteiger partial charge in [0.2, 0.25) is 5.91 Å². The van der Waals surface area contributed by atoms with Crippen LogP contribution in [0.15, 0.2) is 24.3 Å². The van der Waals surface area contributed by atoms with Crippen molar-refractivity contribution in [2.75, 3.05) is 7.11 Å². The van der Waals surface area contributed by atoms with Crippen LogP contribution in [-0.4, -0.2) is 18.6 Å². The predicted molar refractivity (Wildman–Crippen MR) is 65.7 cm³/mol. The Morgan fingerprint density at radius 1 is 1.38 bits per heavy atom. The number of primary amides is 1. The van der Waals surface area contributed by atoms with Gasteiger partial charge in [0.1, 0.15) is 5.75 Å². The molecule has 0 bridgehead atoms. The van der Waals surface area contributed by atoms with Crippen molar-refractivity contribution in [3.63, 3.8) is 0 Å². The highest BCUT2D eigenvalue weighted by atomic mass is 35.5. The quantitative estimate of drug-likeness (QED) is 0.825. The Morgan fingerprint density at radius 3 is 2.25 bits per heavy atom. The number of benzene rings is 1. The smallest absolute Gasteiger partial charge is 0.237 e. The SMILES string of the molecule is COc1ccc(CC(C)(N)C(N)=O)cc1.Cl. The number of amides is 1. The van der Waals surface area contributed by atoms with Crippen LogP contribution in [0.25, 0.3) is 0 Å². The molecule has 1 aromatic carbocycles. The molecular weight excluding hydrogens is 228 g/mol. The number of halogens is 1. The standard InChI is InChI=1S/C11H16N2O2.ClH/c1-11(13,10(12)14)7-8-3-5-9(15-2)6-4-8;/h3-6H,7,13H2,1-2H3,(H2,12,14);1H. The zero-order valence-electron chi connectivity index (χ0n) is 9.40. The molecule has 0 aliphatic rings. The first kappa shape index (κ1) is 14.7. The van der Waals surface area contributed by atoms with E-state index in [9.17, 15) is 4.79 Å². The summed E-state index contributed by atoms with van der Waals surface area (Å²) in [5.41, 5.74) is 10.9. The molecule has 0 saturated heterocycles. The molecule has 4 N–H and O–H groups in total. The van der Waals surface area contributed by atoms with Gasteiger partial charge in [-0.1, -0.05) is 12.1 Å². The van der Waals surface area contributed by atoms with Crippen molar-refractivity contribution in [1.29, 1.82) is 0 Å². The highest BCUT2D eigenvalue weighted by Crippen LogP contribution is 2.15. The Morgan fingerprint density at radius 2 is 1.88 bits per heavy atom. The summed E-state index contributed by atoms with van der Waals surface area (Å²) >= 11 is 0. The van der Waals surface area contributed by atoms with E-state index in [-0.39, 0.29) is 12.4 Å². The van der Waals surface area contributed by atoms with E-state index in [1.165, 1.54) is 0 Å². The minimum atomic E-state index is -1.01. The number of nitrogens with two attached hydrogens (primary N) is 2. The van der Waals surface area contributed by atoms with E-state index in [0.717, 1.165) is 11.3 Å². The van der Waals surface area contributed by atoms with E-state index in [4.69, 9.17) is 16.2 Å². The van der Waals surface area contributed by atoms with Crippen molar-refractivity contribution in [2.45, 2.75) is 18.9 Å². The lowest BCUT2D eigenvalue weighted by Crippen LogP contribution is -2.51. The molecule has 0 fully saturated rings. The second kappa shape index (κ2) is 5.72. The van der Waals surface area contributed by atoms with E-state index in [1.807, 2.05) is 24.3 Å². The lowest BCUT2D eigenvalue weighted by Gasteiger charge is -2.20. The van der Waals surface area contributed by atoms with Crippen molar-refractivity contribution in [1.82, 2.24) is 0 Å². The van der Waals surface area contributed by atoms with Crippen LogP contribution in [-0.2, 0) is 11.2 Å². The topological polar surface area (TPSA) is 78.3 Å². The molecule has 0 aliphatic heterocycles. The van der Waals surface area contributed by atoms with E-state index in [2.05, 4.69) is 0 Å². The Labute approximate surface area is 101 Å².